The van der Waals surface area contributed by atoms with Gasteiger partial charge in [-0.1, -0.05) is 11.6 Å². The van der Waals surface area contributed by atoms with Gasteiger partial charge >= 0.3 is 5.97 Å². The average Bonchev–Trinajstić information content (AvgIpc) is 2.62. The highest BCUT2D eigenvalue weighted by molar-refractivity contribution is 6.30. The molecule has 0 bridgehead atoms. The summed E-state index contributed by atoms with van der Waals surface area (Å²) in [5.74, 6) is -1.89. The summed E-state index contributed by atoms with van der Waals surface area (Å²) in [5, 5.41) is 2.50. The number of ketones is 1. The molecule has 1 atom stereocenters. The van der Waals surface area contributed by atoms with Crippen molar-refractivity contribution in [3.63, 3.8) is 0 Å². The summed E-state index contributed by atoms with van der Waals surface area (Å²) in [5.41, 5.74) is 0.443. The van der Waals surface area contributed by atoms with Crippen LogP contribution < -0.4 is 10.1 Å². The van der Waals surface area contributed by atoms with Crippen molar-refractivity contribution >= 4 is 34.9 Å². The maximum atomic E-state index is 13.7. The molecule has 27 heavy (non-hydrogen) atoms. The van der Waals surface area contributed by atoms with Crippen LogP contribution in [-0.2, 0) is 14.3 Å². The highest BCUT2D eigenvalue weighted by Crippen LogP contribution is 2.19. The number of hydrogen-bond acceptors (Lipinski definition) is 5. The van der Waals surface area contributed by atoms with E-state index in [4.69, 9.17) is 21.1 Å². The Bertz CT molecular complexity index is 854. The second kappa shape index (κ2) is 9.14. The third-order valence-electron chi connectivity index (χ3n) is 3.48. The Morgan fingerprint density at radius 2 is 1.81 bits per heavy atom. The number of amides is 1. The third kappa shape index (κ3) is 6.07. The fraction of sp³-hybridized carbons (Fsp3) is 0.211. The van der Waals surface area contributed by atoms with Crippen LogP contribution in [0.15, 0.2) is 42.5 Å². The fourth-order valence-corrected chi connectivity index (χ4v) is 2.20. The monoisotopic (exact) mass is 393 g/mol. The molecule has 0 aliphatic carbocycles. The van der Waals surface area contributed by atoms with E-state index in [0.717, 1.165) is 6.07 Å². The van der Waals surface area contributed by atoms with Gasteiger partial charge in [0.15, 0.2) is 18.5 Å². The molecular weight excluding hydrogens is 377 g/mol. The summed E-state index contributed by atoms with van der Waals surface area (Å²) in [6.45, 7) is 2.37. The Hall–Kier alpha value is -2.93. The Morgan fingerprint density at radius 1 is 1.15 bits per heavy atom. The van der Waals surface area contributed by atoms with E-state index in [-0.39, 0.29) is 16.5 Å². The zero-order valence-corrected chi connectivity index (χ0v) is 15.4. The molecule has 0 aliphatic heterocycles. The van der Waals surface area contributed by atoms with E-state index in [9.17, 15) is 18.8 Å². The number of anilines is 1. The van der Waals surface area contributed by atoms with Gasteiger partial charge in [0.05, 0.1) is 5.69 Å². The van der Waals surface area contributed by atoms with Gasteiger partial charge in [0.25, 0.3) is 5.91 Å². The number of carbonyl (C=O) groups excluding carboxylic acids is 3. The predicted octanol–water partition coefficient (Wildman–Crippen LogP) is 3.63. The Kier molecular flexibility index (Phi) is 6.90. The molecule has 142 valence electrons. The predicted molar refractivity (Wildman–Crippen MR) is 97.5 cm³/mol. The minimum atomic E-state index is -1.16. The molecule has 0 spiro atoms. The highest BCUT2D eigenvalue weighted by Gasteiger charge is 2.19. The van der Waals surface area contributed by atoms with Crippen LogP contribution in [0, 0.1) is 5.82 Å². The number of halogens is 2. The van der Waals surface area contributed by atoms with Crippen molar-refractivity contribution in [1.29, 1.82) is 0 Å². The third-order valence-corrected chi connectivity index (χ3v) is 3.72. The van der Waals surface area contributed by atoms with Crippen molar-refractivity contribution in [3.8, 4) is 5.75 Å². The van der Waals surface area contributed by atoms with Gasteiger partial charge in [-0.3, -0.25) is 9.59 Å². The molecule has 0 fully saturated rings. The summed E-state index contributed by atoms with van der Waals surface area (Å²) in [6, 6.07) is 10.0. The Labute approximate surface area is 160 Å². The van der Waals surface area contributed by atoms with E-state index in [2.05, 4.69) is 5.32 Å². The minimum Gasteiger partial charge on any atom is -0.482 e. The smallest absolute Gasteiger partial charge is 0.344 e. The molecular formula is C19H17ClFNO5. The SMILES string of the molecule is CC(=O)c1ccc(OCC(=O)O[C@@H](C)C(=O)Nc2ccc(Cl)cc2F)cc1. The maximum absolute atomic E-state index is 13.7. The molecule has 8 heteroatoms. The zero-order chi connectivity index (χ0) is 20.0. The van der Waals surface area contributed by atoms with E-state index >= 15 is 0 Å². The molecule has 1 N–H and O–H groups in total. The van der Waals surface area contributed by atoms with Gasteiger partial charge < -0.3 is 14.8 Å². The summed E-state index contributed by atoms with van der Waals surface area (Å²) < 4.78 is 23.9. The highest BCUT2D eigenvalue weighted by atomic mass is 35.5. The Balaban J connectivity index is 1.83. The normalized spacial score (nSPS) is 11.4. The molecule has 0 saturated heterocycles. The fourth-order valence-electron chi connectivity index (χ4n) is 2.04. The van der Waals surface area contributed by atoms with Crippen molar-refractivity contribution in [3.05, 3.63) is 58.9 Å². The van der Waals surface area contributed by atoms with E-state index in [1.54, 1.807) is 24.3 Å². The molecule has 0 aliphatic rings. The van der Waals surface area contributed by atoms with Crippen molar-refractivity contribution in [2.24, 2.45) is 0 Å². The standard InChI is InChI=1S/C19H17ClFNO5/c1-11(23)13-3-6-15(7-4-13)26-10-18(24)27-12(2)19(25)22-17-8-5-14(20)9-16(17)21/h3-9,12H,10H2,1-2H3,(H,22,25)/t12-/m0/s1. The second-order valence-electron chi connectivity index (χ2n) is 5.61. The lowest BCUT2D eigenvalue weighted by Crippen LogP contribution is -2.32. The van der Waals surface area contributed by atoms with Crippen molar-refractivity contribution in [1.82, 2.24) is 0 Å². The lowest BCUT2D eigenvalue weighted by Gasteiger charge is -2.14. The number of benzene rings is 2. The first kappa shape index (κ1) is 20.4. The van der Waals surface area contributed by atoms with Gasteiger partial charge in [0, 0.05) is 10.6 Å². The molecule has 0 saturated carbocycles. The molecule has 1 amide bonds. The summed E-state index contributed by atoms with van der Waals surface area (Å²) >= 11 is 5.64. The molecule has 0 radical (unpaired) electrons. The molecule has 0 heterocycles. The van der Waals surface area contributed by atoms with Crippen LogP contribution in [0.3, 0.4) is 0 Å². The second-order valence-corrected chi connectivity index (χ2v) is 6.05. The lowest BCUT2D eigenvalue weighted by atomic mass is 10.1. The Morgan fingerprint density at radius 3 is 2.41 bits per heavy atom. The first-order valence-electron chi connectivity index (χ1n) is 7.95. The van der Waals surface area contributed by atoms with Gasteiger partial charge in [-0.15, -0.1) is 0 Å². The van der Waals surface area contributed by atoms with Gasteiger partial charge in [-0.05, 0) is 56.3 Å². The number of esters is 1. The van der Waals surface area contributed by atoms with Crippen LogP contribution in [0.1, 0.15) is 24.2 Å². The van der Waals surface area contributed by atoms with Crippen molar-refractivity contribution in [2.75, 3.05) is 11.9 Å². The van der Waals surface area contributed by atoms with Crippen LogP contribution >= 0.6 is 11.6 Å². The largest absolute Gasteiger partial charge is 0.482 e. The number of carbonyl (C=O) groups is 3. The molecule has 0 unspecified atom stereocenters. The molecule has 2 aromatic carbocycles. The van der Waals surface area contributed by atoms with Crippen LogP contribution in [0.5, 0.6) is 5.75 Å². The van der Waals surface area contributed by atoms with Gasteiger partial charge in [0.2, 0.25) is 0 Å². The lowest BCUT2D eigenvalue weighted by molar-refractivity contribution is -0.155. The van der Waals surface area contributed by atoms with E-state index < -0.39 is 30.4 Å². The zero-order valence-electron chi connectivity index (χ0n) is 14.6. The van der Waals surface area contributed by atoms with Gasteiger partial charge in [-0.2, -0.15) is 0 Å². The molecule has 6 nitrogen and oxygen atoms in total. The summed E-state index contributed by atoms with van der Waals surface area (Å²) in [4.78, 5) is 35.0. The van der Waals surface area contributed by atoms with Gasteiger partial charge in [0.1, 0.15) is 11.6 Å². The van der Waals surface area contributed by atoms with E-state index in [1.165, 1.54) is 26.0 Å². The number of hydrogen-bond donors (Lipinski definition) is 1. The number of nitrogens with one attached hydrogen (secondary N) is 1. The first-order chi connectivity index (χ1) is 12.8. The maximum Gasteiger partial charge on any atom is 0.344 e. The van der Waals surface area contributed by atoms with Crippen molar-refractivity contribution < 1.29 is 28.2 Å². The van der Waals surface area contributed by atoms with Gasteiger partial charge in [-0.25, -0.2) is 9.18 Å². The van der Waals surface area contributed by atoms with E-state index in [0.29, 0.717) is 11.3 Å². The van der Waals surface area contributed by atoms with E-state index in [1.807, 2.05) is 0 Å². The molecule has 2 rings (SSSR count). The van der Waals surface area contributed by atoms with Crippen molar-refractivity contribution in [2.45, 2.75) is 20.0 Å². The van der Waals surface area contributed by atoms with Crippen LogP contribution in [0.2, 0.25) is 5.02 Å². The summed E-state index contributed by atoms with van der Waals surface area (Å²) in [6.07, 6.45) is -1.16. The minimum absolute atomic E-state index is 0.0749. The molecule has 0 aromatic heterocycles. The van der Waals surface area contributed by atoms with Crippen LogP contribution in [-0.4, -0.2) is 30.4 Å². The van der Waals surface area contributed by atoms with Crippen LogP contribution in [0.25, 0.3) is 0 Å². The van der Waals surface area contributed by atoms with Crippen LogP contribution in [0.4, 0.5) is 10.1 Å². The quantitative estimate of drug-likeness (QED) is 0.573. The average molecular weight is 394 g/mol. The first-order valence-corrected chi connectivity index (χ1v) is 8.33. The number of rotatable bonds is 7. The molecule has 2 aromatic rings. The topological polar surface area (TPSA) is 81.7 Å². The number of ether oxygens (including phenoxy) is 2. The summed E-state index contributed by atoms with van der Waals surface area (Å²) in [7, 11) is 0. The number of Topliss-reactive ketones (excluding diaryl/α,β-unsaturated/α-hetero) is 1.